The Bertz CT molecular complexity index is 1130. The molecule has 3 heterocycles. The zero-order chi connectivity index (χ0) is 24.2. The van der Waals surface area contributed by atoms with Crippen molar-refractivity contribution in [3.8, 4) is 0 Å². The maximum Gasteiger partial charge on any atom is 0.333 e. The second-order valence-electron chi connectivity index (χ2n) is 10.9. The summed E-state index contributed by atoms with van der Waals surface area (Å²) in [6.45, 7) is 6.65. The lowest BCUT2D eigenvalue weighted by atomic mass is 9.73. The van der Waals surface area contributed by atoms with Gasteiger partial charge in [0.2, 0.25) is 0 Å². The van der Waals surface area contributed by atoms with E-state index in [1.807, 2.05) is 6.08 Å². The summed E-state index contributed by atoms with van der Waals surface area (Å²) in [5, 5.41) is 0. The van der Waals surface area contributed by atoms with Crippen LogP contribution in [0.4, 0.5) is 10.5 Å². The van der Waals surface area contributed by atoms with Crippen LogP contribution in [-0.2, 0) is 22.4 Å². The van der Waals surface area contributed by atoms with E-state index in [2.05, 4.69) is 43.0 Å². The van der Waals surface area contributed by atoms with Gasteiger partial charge in [0.1, 0.15) is 5.57 Å². The number of amides is 4. The predicted molar refractivity (Wildman–Crippen MR) is 133 cm³/mol. The van der Waals surface area contributed by atoms with E-state index in [0.717, 1.165) is 34.6 Å². The number of urea groups is 1. The monoisotopic (exact) mass is 459 g/mol. The summed E-state index contributed by atoms with van der Waals surface area (Å²) in [5.41, 5.74) is 7.42. The molecule has 0 spiro atoms. The molecule has 0 N–H and O–H groups in total. The highest BCUT2D eigenvalue weighted by atomic mass is 16.2. The normalized spacial score (nSPS) is 22.5. The third-order valence-electron chi connectivity index (χ3n) is 7.49. The summed E-state index contributed by atoms with van der Waals surface area (Å²) in [4.78, 5) is 42.5. The van der Waals surface area contributed by atoms with E-state index in [0.29, 0.717) is 12.0 Å². The summed E-state index contributed by atoms with van der Waals surface area (Å²) in [5.74, 6) is -1.03. The van der Waals surface area contributed by atoms with Crippen LogP contribution in [0.1, 0.15) is 56.2 Å². The largest absolute Gasteiger partial charge is 0.371 e. The van der Waals surface area contributed by atoms with Crippen molar-refractivity contribution in [1.82, 2.24) is 9.80 Å². The minimum atomic E-state index is -0.589. The first kappa shape index (κ1) is 22.6. The number of rotatable bonds is 2. The van der Waals surface area contributed by atoms with Crippen molar-refractivity contribution in [2.45, 2.75) is 52.4 Å². The number of hydrogen-bond donors (Lipinski definition) is 0. The van der Waals surface area contributed by atoms with Crippen LogP contribution < -0.4 is 4.90 Å². The quantitative estimate of drug-likeness (QED) is 0.483. The summed E-state index contributed by atoms with van der Waals surface area (Å²) in [6, 6.07) is 4.06. The van der Waals surface area contributed by atoms with Gasteiger partial charge < -0.3 is 4.90 Å². The number of benzene rings is 1. The fraction of sp³-hybridized carbons (Fsp3) is 0.464. The molecule has 6 nitrogen and oxygen atoms in total. The molecule has 1 aliphatic carbocycles. The first-order valence-electron chi connectivity index (χ1n) is 12.3. The maximum atomic E-state index is 12.9. The molecule has 0 saturated carbocycles. The van der Waals surface area contributed by atoms with Gasteiger partial charge in [0.05, 0.1) is 0 Å². The van der Waals surface area contributed by atoms with Gasteiger partial charge in [-0.05, 0) is 83.9 Å². The Balaban J connectivity index is 1.51. The average Bonchev–Trinajstić information content (AvgIpc) is 2.80. The van der Waals surface area contributed by atoms with Crippen LogP contribution in [0, 0.1) is 5.41 Å². The number of likely N-dealkylation sites (N-methyl/N-ethyl adjacent to an activating group) is 2. The van der Waals surface area contributed by atoms with Crippen molar-refractivity contribution in [2.75, 3.05) is 32.1 Å². The molecule has 0 atom stereocenters. The van der Waals surface area contributed by atoms with Crippen molar-refractivity contribution < 1.29 is 14.4 Å². The molecule has 34 heavy (non-hydrogen) atoms. The third kappa shape index (κ3) is 3.89. The SMILES string of the molecule is CN1C(=O)C(=C2C=C(/C=C/c3cc4c5c(c3)CCCN5CCC4)CC(C)(C)C2)C(=O)N(C)C1=O. The van der Waals surface area contributed by atoms with Crippen LogP contribution in [0.2, 0.25) is 0 Å². The van der Waals surface area contributed by atoms with E-state index in [9.17, 15) is 14.4 Å². The molecular weight excluding hydrogens is 426 g/mol. The number of nitrogens with zero attached hydrogens (tertiary/aromatic N) is 3. The zero-order valence-corrected chi connectivity index (χ0v) is 20.6. The van der Waals surface area contributed by atoms with E-state index >= 15 is 0 Å². The third-order valence-corrected chi connectivity index (χ3v) is 7.49. The van der Waals surface area contributed by atoms with Crippen molar-refractivity contribution in [3.05, 3.63) is 57.7 Å². The molecule has 3 aliphatic heterocycles. The van der Waals surface area contributed by atoms with E-state index < -0.39 is 17.8 Å². The first-order valence-corrected chi connectivity index (χ1v) is 12.3. The summed E-state index contributed by atoms with van der Waals surface area (Å²) >= 11 is 0. The predicted octanol–water partition coefficient (Wildman–Crippen LogP) is 4.49. The van der Waals surface area contributed by atoms with Crippen molar-refractivity contribution in [3.63, 3.8) is 0 Å². The number of carbonyl (C=O) groups is 3. The molecule has 4 amide bonds. The van der Waals surface area contributed by atoms with Gasteiger partial charge >= 0.3 is 6.03 Å². The van der Waals surface area contributed by atoms with Gasteiger partial charge in [0.25, 0.3) is 11.8 Å². The number of imide groups is 2. The van der Waals surface area contributed by atoms with Gasteiger partial charge in [-0.1, -0.05) is 32.1 Å². The van der Waals surface area contributed by atoms with Gasteiger partial charge in [0.15, 0.2) is 0 Å². The van der Waals surface area contributed by atoms with E-state index in [1.165, 1.54) is 62.4 Å². The number of carbonyl (C=O) groups excluding carboxylic acids is 3. The molecule has 1 aromatic carbocycles. The molecule has 0 aromatic heterocycles. The summed E-state index contributed by atoms with van der Waals surface area (Å²) in [7, 11) is 2.85. The minimum absolute atomic E-state index is 0.0989. The number of allylic oxidation sites excluding steroid dienone is 4. The number of aryl methyl sites for hydroxylation is 2. The smallest absolute Gasteiger partial charge is 0.333 e. The van der Waals surface area contributed by atoms with Crippen LogP contribution in [0.3, 0.4) is 0 Å². The van der Waals surface area contributed by atoms with E-state index in [-0.39, 0.29) is 11.0 Å². The zero-order valence-electron chi connectivity index (χ0n) is 20.6. The van der Waals surface area contributed by atoms with Gasteiger partial charge in [-0.15, -0.1) is 0 Å². The molecule has 4 aliphatic rings. The molecule has 0 radical (unpaired) electrons. The van der Waals surface area contributed by atoms with Crippen LogP contribution in [0.25, 0.3) is 6.08 Å². The topological polar surface area (TPSA) is 60.9 Å². The van der Waals surface area contributed by atoms with E-state index in [4.69, 9.17) is 0 Å². The molecule has 1 fully saturated rings. The summed E-state index contributed by atoms with van der Waals surface area (Å²) in [6.07, 6.45) is 12.5. The summed E-state index contributed by atoms with van der Waals surface area (Å²) < 4.78 is 0. The second-order valence-corrected chi connectivity index (χ2v) is 10.9. The molecule has 178 valence electrons. The molecular formula is C28H33N3O3. The van der Waals surface area contributed by atoms with E-state index in [1.54, 1.807) is 0 Å². The highest BCUT2D eigenvalue weighted by Crippen LogP contribution is 2.41. The minimum Gasteiger partial charge on any atom is -0.371 e. The Labute approximate surface area is 201 Å². The lowest BCUT2D eigenvalue weighted by Gasteiger charge is -2.37. The molecule has 1 saturated heterocycles. The second kappa shape index (κ2) is 8.26. The Morgan fingerprint density at radius 2 is 1.44 bits per heavy atom. The number of barbiturate groups is 1. The van der Waals surface area contributed by atoms with Crippen LogP contribution in [0.15, 0.2) is 41.0 Å². The van der Waals surface area contributed by atoms with Crippen molar-refractivity contribution in [1.29, 1.82) is 0 Å². The molecule has 0 bridgehead atoms. The highest BCUT2D eigenvalue weighted by molar-refractivity contribution is 6.29. The van der Waals surface area contributed by atoms with Gasteiger partial charge in [-0.2, -0.15) is 0 Å². The fourth-order valence-corrected chi connectivity index (χ4v) is 5.95. The van der Waals surface area contributed by atoms with Crippen molar-refractivity contribution in [2.24, 2.45) is 5.41 Å². The van der Waals surface area contributed by atoms with Crippen LogP contribution >= 0.6 is 0 Å². The molecule has 6 heteroatoms. The van der Waals surface area contributed by atoms with Crippen LogP contribution in [-0.4, -0.2) is 54.8 Å². The molecule has 0 unspecified atom stereocenters. The first-order chi connectivity index (χ1) is 16.1. The van der Waals surface area contributed by atoms with Gasteiger partial charge in [0, 0.05) is 32.9 Å². The Morgan fingerprint density at radius 3 is 2.03 bits per heavy atom. The Hall–Kier alpha value is -3.15. The fourth-order valence-electron chi connectivity index (χ4n) is 5.95. The average molecular weight is 460 g/mol. The lowest BCUT2D eigenvalue weighted by Crippen LogP contribution is -2.53. The van der Waals surface area contributed by atoms with Gasteiger partial charge in [-0.3, -0.25) is 19.4 Å². The van der Waals surface area contributed by atoms with Crippen LogP contribution in [0.5, 0.6) is 0 Å². The highest BCUT2D eigenvalue weighted by Gasteiger charge is 2.41. The number of hydrogen-bond acceptors (Lipinski definition) is 4. The van der Waals surface area contributed by atoms with Crippen molar-refractivity contribution >= 4 is 29.6 Å². The Morgan fingerprint density at radius 1 is 0.853 bits per heavy atom. The maximum absolute atomic E-state index is 12.9. The lowest BCUT2D eigenvalue weighted by molar-refractivity contribution is -0.134. The molecule has 5 rings (SSSR count). The standard InChI is InChI=1S/C28H33N3O3/c1-28(2)16-19(15-22(17-28)23-25(32)29(3)27(34)30(4)26(23)33)10-9-18-13-20-7-5-11-31-12-6-8-21(14-18)24(20)31/h9-10,13-15H,5-8,11-12,16-17H2,1-4H3/b10-9+. The van der Waals surface area contributed by atoms with Gasteiger partial charge in [-0.25, -0.2) is 4.79 Å². The molecule has 1 aromatic rings. The number of anilines is 1. The Kier molecular flexibility index (Phi) is 5.50.